The number of nitrogens with zero attached hydrogens (tertiary/aromatic N) is 3. The summed E-state index contributed by atoms with van der Waals surface area (Å²) in [5, 5.41) is 12.2. The van der Waals surface area contributed by atoms with Crippen molar-refractivity contribution in [1.82, 2.24) is 26.1 Å². The van der Waals surface area contributed by atoms with Crippen molar-refractivity contribution in [3.63, 3.8) is 0 Å². The van der Waals surface area contributed by atoms with Gasteiger partial charge >= 0.3 is 0 Å². The SMILES string of the molecule is C1=CNOC=C1.c1nn[nH]n1. The molecule has 0 atom stereocenters. The van der Waals surface area contributed by atoms with Gasteiger partial charge in [-0.25, -0.2) is 5.48 Å². The van der Waals surface area contributed by atoms with Crippen molar-refractivity contribution in [3.05, 3.63) is 30.9 Å². The van der Waals surface area contributed by atoms with Crippen molar-refractivity contribution >= 4 is 0 Å². The highest BCUT2D eigenvalue weighted by atomic mass is 16.6. The maximum absolute atomic E-state index is 4.55. The van der Waals surface area contributed by atoms with Gasteiger partial charge in [0.05, 0.1) is 0 Å². The van der Waals surface area contributed by atoms with E-state index in [9.17, 15) is 0 Å². The molecule has 1 aromatic heterocycles. The fraction of sp³-hybridized carbons (Fsp3) is 0. The van der Waals surface area contributed by atoms with Gasteiger partial charge in [-0.3, -0.25) is 0 Å². The first-order chi connectivity index (χ1) is 5.50. The van der Waals surface area contributed by atoms with E-state index in [4.69, 9.17) is 0 Å². The van der Waals surface area contributed by atoms with Gasteiger partial charge in [0.1, 0.15) is 6.26 Å². The highest BCUT2D eigenvalue weighted by molar-refractivity contribution is 5.00. The number of aromatic nitrogens is 4. The number of allylic oxidation sites excluding steroid dienone is 2. The first-order valence-corrected chi connectivity index (χ1v) is 2.89. The summed E-state index contributed by atoms with van der Waals surface area (Å²) >= 11 is 0. The first-order valence-electron chi connectivity index (χ1n) is 2.89. The second-order valence-corrected chi connectivity index (χ2v) is 1.48. The minimum Gasteiger partial charge on any atom is -0.391 e. The Morgan fingerprint density at radius 3 is 2.45 bits per heavy atom. The lowest BCUT2D eigenvalue weighted by Crippen LogP contribution is -2.01. The van der Waals surface area contributed by atoms with Crippen LogP contribution in [0.2, 0.25) is 0 Å². The van der Waals surface area contributed by atoms with Crippen LogP contribution in [0, 0.1) is 0 Å². The number of rotatable bonds is 0. The van der Waals surface area contributed by atoms with E-state index in [-0.39, 0.29) is 0 Å². The van der Waals surface area contributed by atoms with Crippen molar-refractivity contribution in [2.45, 2.75) is 0 Å². The molecule has 2 rings (SSSR count). The smallest absolute Gasteiger partial charge is 0.161 e. The van der Waals surface area contributed by atoms with E-state index in [1.165, 1.54) is 6.33 Å². The lowest BCUT2D eigenvalue weighted by molar-refractivity contribution is 0.172. The standard InChI is InChI=1S/C4H5NO.CH2N4/c1-2-4-6-5-3-1;1-2-4-5-3-1/h1-5H;1H,(H,2,3,4,5). The zero-order valence-electron chi connectivity index (χ0n) is 5.64. The summed E-state index contributed by atoms with van der Waals surface area (Å²) in [5.41, 5.74) is 2.52. The molecule has 0 unspecified atom stereocenters. The molecule has 0 saturated carbocycles. The largest absolute Gasteiger partial charge is 0.391 e. The molecule has 0 amide bonds. The Hall–Kier alpha value is -1.85. The Bertz CT molecular complexity index is 188. The molecule has 11 heavy (non-hydrogen) atoms. The molecule has 0 saturated heterocycles. The molecule has 1 aliphatic heterocycles. The van der Waals surface area contributed by atoms with Gasteiger partial charge < -0.3 is 4.84 Å². The number of hydrogen-bond acceptors (Lipinski definition) is 5. The Balaban J connectivity index is 0.000000112. The zero-order valence-corrected chi connectivity index (χ0v) is 5.64. The third kappa shape index (κ3) is 3.68. The van der Waals surface area contributed by atoms with E-state index in [0.29, 0.717) is 0 Å². The van der Waals surface area contributed by atoms with Crippen LogP contribution in [0.15, 0.2) is 30.9 Å². The molecule has 2 N–H and O–H groups in total. The van der Waals surface area contributed by atoms with E-state index in [1.807, 2.05) is 6.08 Å². The molecule has 58 valence electrons. The predicted molar refractivity (Wildman–Crippen MR) is 36.7 cm³/mol. The second-order valence-electron chi connectivity index (χ2n) is 1.48. The topological polar surface area (TPSA) is 75.7 Å². The van der Waals surface area contributed by atoms with Crippen molar-refractivity contribution in [1.29, 1.82) is 0 Å². The van der Waals surface area contributed by atoms with Crippen LogP contribution < -0.4 is 5.48 Å². The molecule has 0 spiro atoms. The van der Waals surface area contributed by atoms with Crippen LogP contribution in [0.25, 0.3) is 0 Å². The molecule has 6 nitrogen and oxygen atoms in total. The third-order valence-electron chi connectivity index (χ3n) is 0.760. The van der Waals surface area contributed by atoms with Crippen LogP contribution in [0.5, 0.6) is 0 Å². The van der Waals surface area contributed by atoms with E-state index in [2.05, 4.69) is 30.9 Å². The van der Waals surface area contributed by atoms with E-state index in [0.717, 1.165) is 0 Å². The third-order valence-corrected chi connectivity index (χ3v) is 0.760. The number of hydrogen-bond donors (Lipinski definition) is 2. The molecule has 0 aliphatic carbocycles. The quantitative estimate of drug-likeness (QED) is 0.537. The average Bonchev–Trinajstić information content (AvgIpc) is 2.64. The second kappa shape index (κ2) is 4.98. The van der Waals surface area contributed by atoms with Gasteiger partial charge in [0.15, 0.2) is 6.33 Å². The summed E-state index contributed by atoms with van der Waals surface area (Å²) in [6.07, 6.45) is 8.26. The Labute approximate surface area is 62.9 Å². The Morgan fingerprint density at radius 2 is 2.27 bits per heavy atom. The van der Waals surface area contributed by atoms with Gasteiger partial charge in [-0.05, 0) is 12.2 Å². The first kappa shape index (κ1) is 7.26. The van der Waals surface area contributed by atoms with Crippen molar-refractivity contribution < 1.29 is 4.84 Å². The summed E-state index contributed by atoms with van der Waals surface area (Å²) in [4.78, 5) is 4.55. The van der Waals surface area contributed by atoms with Gasteiger partial charge in [-0.2, -0.15) is 5.21 Å². The summed E-state index contributed by atoms with van der Waals surface area (Å²) in [6, 6.07) is 0. The highest BCUT2D eigenvalue weighted by Crippen LogP contribution is 1.80. The fourth-order valence-corrected chi connectivity index (χ4v) is 0.387. The Morgan fingerprint density at radius 1 is 1.27 bits per heavy atom. The number of tetrazole rings is 1. The summed E-state index contributed by atoms with van der Waals surface area (Å²) < 4.78 is 0. The van der Waals surface area contributed by atoms with Gasteiger partial charge in [0.2, 0.25) is 0 Å². The van der Waals surface area contributed by atoms with Gasteiger partial charge in [-0.1, -0.05) is 5.21 Å². The van der Waals surface area contributed by atoms with Crippen molar-refractivity contribution in [3.8, 4) is 0 Å². The predicted octanol–water partition coefficient (Wildman–Crippen LogP) is -0.252. The molecule has 1 aliphatic rings. The normalized spacial score (nSPS) is 12.4. The van der Waals surface area contributed by atoms with Crippen molar-refractivity contribution in [2.75, 3.05) is 0 Å². The van der Waals surface area contributed by atoms with E-state index in [1.54, 1.807) is 18.5 Å². The van der Waals surface area contributed by atoms with Crippen LogP contribution in [0.1, 0.15) is 0 Å². The van der Waals surface area contributed by atoms with Gasteiger partial charge in [0, 0.05) is 6.20 Å². The molecule has 0 bridgehead atoms. The highest BCUT2D eigenvalue weighted by Gasteiger charge is 1.72. The van der Waals surface area contributed by atoms with Crippen LogP contribution in [-0.4, -0.2) is 20.6 Å². The summed E-state index contributed by atoms with van der Waals surface area (Å²) in [6.45, 7) is 0. The number of hydroxylamine groups is 1. The van der Waals surface area contributed by atoms with Crippen LogP contribution in [0.4, 0.5) is 0 Å². The fourth-order valence-electron chi connectivity index (χ4n) is 0.387. The minimum atomic E-state index is 1.33. The molecule has 0 fully saturated rings. The molecule has 6 heteroatoms. The molecular weight excluding hydrogens is 146 g/mol. The van der Waals surface area contributed by atoms with Crippen LogP contribution in [-0.2, 0) is 4.84 Å². The lowest BCUT2D eigenvalue weighted by Gasteiger charge is -1.97. The Kier molecular flexibility index (Phi) is 3.28. The molecule has 1 aromatic rings. The molecule has 0 aromatic carbocycles. The number of nitrogens with one attached hydrogen (secondary N) is 2. The lowest BCUT2D eigenvalue weighted by atomic mass is 10.6. The maximum atomic E-state index is 4.55. The monoisotopic (exact) mass is 153 g/mol. The minimum absolute atomic E-state index is 1.33. The molecule has 2 heterocycles. The van der Waals surface area contributed by atoms with Crippen LogP contribution in [0.3, 0.4) is 0 Å². The van der Waals surface area contributed by atoms with E-state index >= 15 is 0 Å². The van der Waals surface area contributed by atoms with Crippen LogP contribution >= 0.6 is 0 Å². The zero-order chi connectivity index (χ0) is 7.78. The summed E-state index contributed by atoms with van der Waals surface area (Å²) in [7, 11) is 0. The average molecular weight is 153 g/mol. The number of H-pyrrole nitrogens is 1. The van der Waals surface area contributed by atoms with Gasteiger partial charge in [-0.15, -0.1) is 10.2 Å². The molecular formula is C5H7N5O. The summed E-state index contributed by atoms with van der Waals surface area (Å²) in [5.74, 6) is 0. The van der Waals surface area contributed by atoms with Gasteiger partial charge in [0.25, 0.3) is 0 Å². The molecule has 0 radical (unpaired) electrons. The maximum Gasteiger partial charge on any atom is 0.161 e. The number of aromatic amines is 1. The van der Waals surface area contributed by atoms with Crippen molar-refractivity contribution in [2.24, 2.45) is 0 Å². The van der Waals surface area contributed by atoms with E-state index < -0.39 is 0 Å².